The minimum absolute atomic E-state index is 0.257. The molecule has 0 amide bonds. The quantitative estimate of drug-likeness (QED) is 0.267. The Balaban J connectivity index is 3.39. The summed E-state index contributed by atoms with van der Waals surface area (Å²) in [6.07, 6.45) is 0. The summed E-state index contributed by atoms with van der Waals surface area (Å²) in [6.45, 7) is 0. The first-order valence-electron chi connectivity index (χ1n) is 2.22. The van der Waals surface area contributed by atoms with Crippen molar-refractivity contribution in [3.8, 4) is 0 Å². The van der Waals surface area contributed by atoms with Crippen LogP contribution in [0.25, 0.3) is 0 Å². The van der Waals surface area contributed by atoms with Crippen LogP contribution in [0.15, 0.2) is 0 Å². The molecule has 0 saturated carbocycles. The van der Waals surface area contributed by atoms with Crippen molar-refractivity contribution >= 4 is 0 Å². The average molecular weight is 121 g/mol. The molecule has 0 aromatic carbocycles. The van der Waals surface area contributed by atoms with Gasteiger partial charge in [-0.3, -0.25) is 0 Å². The minimum Gasteiger partial charge on any atom is -0.226 e. The molecule has 0 bridgehead atoms. The monoisotopic (exact) mass is 121 g/mol. The van der Waals surface area contributed by atoms with Gasteiger partial charge >= 0.3 is 0 Å². The number of hydroxylamine groups is 3. The first-order chi connectivity index (χ1) is 3.42. The van der Waals surface area contributed by atoms with E-state index in [0.717, 1.165) is 0 Å². The molecule has 5 nitrogen and oxygen atoms in total. The lowest BCUT2D eigenvalue weighted by Gasteiger charge is -2.22. The molecular weight excluding hydrogens is 108 g/mol. The van der Waals surface area contributed by atoms with Gasteiger partial charge in [-0.05, 0) is 5.28 Å². The van der Waals surface area contributed by atoms with Gasteiger partial charge in [0.25, 0.3) is 0 Å². The number of rotatable bonds is 2. The number of hydrogen-bond acceptors (Lipinski definition) is 4. The maximum Gasteiger partial charge on any atom is 0.100 e. The highest BCUT2D eigenvalue weighted by Gasteiger charge is 2.09. The van der Waals surface area contributed by atoms with E-state index in [2.05, 4.69) is 0 Å². The molecule has 0 heterocycles. The summed E-state index contributed by atoms with van der Waals surface area (Å²) in [5.74, 6) is 9.90. The summed E-state index contributed by atoms with van der Waals surface area (Å²) in [5.41, 5.74) is 0. The fraction of sp³-hybridized carbons (Fsp3) is 1.00. The largest absolute Gasteiger partial charge is 0.226 e. The van der Waals surface area contributed by atoms with Gasteiger partial charge in [-0.25, -0.2) is 11.7 Å². The zero-order valence-corrected chi connectivity index (χ0v) is 5.46. The number of quaternary nitrogens is 1. The minimum atomic E-state index is 0.257. The molecule has 5 heteroatoms. The lowest BCUT2D eigenvalue weighted by atomic mass is 11.0. The predicted octanol–water partition coefficient (Wildman–Crippen LogP) is -1.41. The van der Waals surface area contributed by atoms with E-state index in [-0.39, 0.29) is 4.65 Å². The van der Waals surface area contributed by atoms with E-state index in [1.807, 2.05) is 0 Å². The van der Waals surface area contributed by atoms with Gasteiger partial charge in [0.15, 0.2) is 0 Å². The molecule has 0 spiro atoms. The highest BCUT2D eigenvalue weighted by atomic mass is 16.9. The Hall–Kier alpha value is -0.200. The molecule has 0 aliphatic carbocycles. The Labute approximate surface area is 48.8 Å². The molecule has 0 aromatic rings. The highest BCUT2D eigenvalue weighted by molar-refractivity contribution is 3.83. The van der Waals surface area contributed by atoms with E-state index in [1.165, 1.54) is 0 Å². The zero-order chi connectivity index (χ0) is 6.78. The molecule has 0 aliphatic heterocycles. The Morgan fingerprint density at radius 3 is 1.62 bits per heavy atom. The molecule has 8 heavy (non-hydrogen) atoms. The zero-order valence-electron chi connectivity index (χ0n) is 5.46. The second kappa shape index (κ2) is 2.38. The molecule has 4 N–H and O–H groups in total. The number of hydrazine groups is 2. The van der Waals surface area contributed by atoms with Crippen LogP contribution in [0.5, 0.6) is 0 Å². The van der Waals surface area contributed by atoms with Crippen molar-refractivity contribution in [1.29, 1.82) is 0 Å². The van der Waals surface area contributed by atoms with Gasteiger partial charge in [-0.15, -0.1) is 0 Å². The second-order valence-corrected chi connectivity index (χ2v) is 2.33. The van der Waals surface area contributed by atoms with Gasteiger partial charge < -0.3 is 0 Å². The maximum atomic E-state index is 4.95. The van der Waals surface area contributed by atoms with Crippen LogP contribution >= 0.6 is 0 Å². The second-order valence-electron chi connectivity index (χ2n) is 2.33. The van der Waals surface area contributed by atoms with Crippen molar-refractivity contribution in [3.63, 3.8) is 0 Å². The predicted molar refractivity (Wildman–Crippen MR) is 29.3 cm³/mol. The molecule has 0 fully saturated rings. The van der Waals surface area contributed by atoms with Crippen LogP contribution in [0.3, 0.4) is 0 Å². The van der Waals surface area contributed by atoms with Gasteiger partial charge in [0, 0.05) is 0 Å². The van der Waals surface area contributed by atoms with Crippen molar-refractivity contribution in [2.45, 2.75) is 0 Å². The smallest absolute Gasteiger partial charge is 0.100 e. The molecule has 0 radical (unpaired) electrons. The van der Waals surface area contributed by atoms with E-state index in [4.69, 9.17) is 16.6 Å². The summed E-state index contributed by atoms with van der Waals surface area (Å²) in [7, 11) is 5.40. The third-order valence-corrected chi connectivity index (χ3v) is 0.339. The third kappa shape index (κ3) is 5.80. The van der Waals surface area contributed by atoms with Crippen molar-refractivity contribution in [2.75, 3.05) is 21.1 Å². The maximum absolute atomic E-state index is 4.95. The molecule has 0 rings (SSSR count). The van der Waals surface area contributed by atoms with Gasteiger partial charge in [0.2, 0.25) is 0 Å². The highest BCUT2D eigenvalue weighted by Crippen LogP contribution is 1.88. The van der Waals surface area contributed by atoms with Crippen LogP contribution in [0.4, 0.5) is 0 Å². The first kappa shape index (κ1) is 7.80. The van der Waals surface area contributed by atoms with E-state index < -0.39 is 0 Å². The fourth-order valence-electron chi connectivity index (χ4n) is 0.283. The van der Waals surface area contributed by atoms with E-state index in [0.29, 0.717) is 5.28 Å². The van der Waals surface area contributed by atoms with Gasteiger partial charge in [0.1, 0.15) is 21.1 Å². The summed E-state index contributed by atoms with van der Waals surface area (Å²) in [4.78, 5) is 4.76. The lowest BCUT2D eigenvalue weighted by Crippen LogP contribution is -2.49. The molecular formula is C3H13N4O+. The van der Waals surface area contributed by atoms with Crippen molar-refractivity contribution in [2.24, 2.45) is 11.7 Å². The third-order valence-electron chi connectivity index (χ3n) is 0.339. The summed E-state index contributed by atoms with van der Waals surface area (Å²) in [6, 6.07) is 0. The normalized spacial score (nSPS) is 12.8. The Kier molecular flexibility index (Phi) is 2.32. The number of nitrogens with two attached hydrogens (primary N) is 2. The van der Waals surface area contributed by atoms with E-state index >= 15 is 0 Å². The van der Waals surface area contributed by atoms with Crippen LogP contribution in [0, 0.1) is 0 Å². The Morgan fingerprint density at radius 1 is 1.25 bits per heavy atom. The van der Waals surface area contributed by atoms with Crippen LogP contribution < -0.4 is 11.7 Å². The van der Waals surface area contributed by atoms with Gasteiger partial charge in [-0.1, -0.05) is 4.94 Å². The molecule has 0 atom stereocenters. The summed E-state index contributed by atoms with van der Waals surface area (Å²) >= 11 is 0. The lowest BCUT2D eigenvalue weighted by molar-refractivity contribution is -1.09. The van der Waals surface area contributed by atoms with Crippen LogP contribution in [-0.2, 0) is 4.94 Å². The SMILES string of the molecule is C[N+](C)(C)ON(N)N. The van der Waals surface area contributed by atoms with Crippen LogP contribution in [-0.4, -0.2) is 31.1 Å². The molecule has 0 saturated heterocycles. The number of hydrogen-bond donors (Lipinski definition) is 2. The first-order valence-corrected chi connectivity index (χ1v) is 2.22. The summed E-state index contributed by atoms with van der Waals surface area (Å²) < 4.78 is 0.257. The molecule has 0 aromatic heterocycles. The topological polar surface area (TPSA) is 64.5 Å². The van der Waals surface area contributed by atoms with Crippen molar-refractivity contribution < 1.29 is 9.58 Å². The van der Waals surface area contributed by atoms with E-state index in [9.17, 15) is 0 Å². The van der Waals surface area contributed by atoms with Crippen LogP contribution in [0.1, 0.15) is 0 Å². The standard InChI is InChI=1S/C3H13N4O/c1-7(2,3)8-6(4)5/h4-5H2,1-3H3/q+1. The van der Waals surface area contributed by atoms with E-state index in [1.54, 1.807) is 21.1 Å². The van der Waals surface area contributed by atoms with Gasteiger partial charge in [-0.2, -0.15) is 4.65 Å². The fourth-order valence-corrected chi connectivity index (χ4v) is 0.283. The van der Waals surface area contributed by atoms with Crippen LogP contribution in [0.2, 0.25) is 0 Å². The average Bonchev–Trinajstić information content (AvgIpc) is 1.21. The Bertz CT molecular complexity index is 66.2. The molecule has 0 unspecified atom stereocenters. The molecule has 50 valence electrons. The van der Waals surface area contributed by atoms with Crippen molar-refractivity contribution in [1.82, 2.24) is 5.28 Å². The Morgan fingerprint density at radius 2 is 1.62 bits per heavy atom. The van der Waals surface area contributed by atoms with Crippen molar-refractivity contribution in [3.05, 3.63) is 0 Å². The molecule has 0 aliphatic rings. The number of nitrogens with zero attached hydrogens (tertiary/aromatic N) is 2. The summed E-state index contributed by atoms with van der Waals surface area (Å²) in [5, 5.41) is 0.681. The van der Waals surface area contributed by atoms with Gasteiger partial charge in [0.05, 0.1) is 0 Å².